The van der Waals surface area contributed by atoms with E-state index in [1.54, 1.807) is 0 Å². The van der Waals surface area contributed by atoms with Crippen molar-refractivity contribution in [1.29, 1.82) is 0 Å². The number of nitrogens with zero attached hydrogens (tertiary/aromatic N) is 1. The molecule has 0 aliphatic carbocycles. The summed E-state index contributed by atoms with van der Waals surface area (Å²) in [6.07, 6.45) is 0.572. The van der Waals surface area contributed by atoms with Gasteiger partial charge in [0.15, 0.2) is 8.32 Å². The Morgan fingerprint density at radius 2 is 1.61 bits per heavy atom. The second-order valence-corrected chi connectivity index (χ2v) is 21.0. The summed E-state index contributed by atoms with van der Waals surface area (Å²) in [4.78, 5) is 1.29. The molecule has 2 N–H and O–H groups in total. The summed E-state index contributed by atoms with van der Waals surface area (Å²) < 4.78 is 95.6. The van der Waals surface area contributed by atoms with Crippen LogP contribution >= 0.6 is 11.8 Å². The molecule has 0 spiro atoms. The lowest BCUT2D eigenvalue weighted by molar-refractivity contribution is -0.0436. The van der Waals surface area contributed by atoms with Crippen LogP contribution in [-0.2, 0) is 30.7 Å². The lowest BCUT2D eigenvalue weighted by atomic mass is 9.97. The van der Waals surface area contributed by atoms with Gasteiger partial charge >= 0.3 is 5.51 Å². The number of likely N-dealkylation sites (N-methyl/N-ethyl adjacent to an activating group) is 1. The first-order chi connectivity index (χ1) is 18.6. The molecular formula is C27H41F3N2O5S3Si. The second kappa shape index (κ2) is 13.9. The molecule has 2 rings (SSSR count). The molecule has 0 bridgehead atoms. The molecule has 0 aliphatic rings. The van der Waals surface area contributed by atoms with E-state index in [4.69, 9.17) is 9.56 Å². The highest BCUT2D eigenvalue weighted by atomic mass is 32.2. The molecule has 2 aromatic carbocycles. The monoisotopic (exact) mass is 654 g/mol. The van der Waals surface area contributed by atoms with E-state index >= 15 is 0 Å². The smallest absolute Gasteiger partial charge is 0.416 e. The third kappa shape index (κ3) is 10.4. The third-order valence-electron chi connectivity index (χ3n) is 7.36. The molecule has 41 heavy (non-hydrogen) atoms. The summed E-state index contributed by atoms with van der Waals surface area (Å²) in [7, 11) is -10.2. The fraction of sp³-hybridized carbons (Fsp3) is 0.556. The van der Waals surface area contributed by atoms with Gasteiger partial charge in [-0.15, -0.1) is 11.8 Å². The normalized spacial score (nSPS) is 14.4. The Balaban J connectivity index is 2.29. The van der Waals surface area contributed by atoms with E-state index in [1.807, 2.05) is 37.4 Å². The fourth-order valence-electron chi connectivity index (χ4n) is 3.73. The van der Waals surface area contributed by atoms with Gasteiger partial charge in [-0.1, -0.05) is 45.0 Å². The molecular weight excluding hydrogens is 614 g/mol. The molecule has 1 atom stereocenters. The van der Waals surface area contributed by atoms with Gasteiger partial charge in [0.1, 0.15) is 0 Å². The van der Waals surface area contributed by atoms with Crippen molar-refractivity contribution in [2.45, 2.75) is 71.9 Å². The van der Waals surface area contributed by atoms with Crippen LogP contribution in [0.2, 0.25) is 18.1 Å². The number of nitrogens with two attached hydrogens (primary N) is 1. The first-order valence-corrected chi connectivity index (χ1v) is 20.0. The van der Waals surface area contributed by atoms with Gasteiger partial charge in [-0.2, -0.15) is 13.2 Å². The maximum Gasteiger partial charge on any atom is 0.501 e. The topological polar surface area (TPSA) is 107 Å². The van der Waals surface area contributed by atoms with Crippen molar-refractivity contribution in [1.82, 2.24) is 4.90 Å². The summed E-state index contributed by atoms with van der Waals surface area (Å²) in [5.41, 5.74) is -5.70. The third-order valence-corrected chi connectivity index (χ3v) is 15.6. The van der Waals surface area contributed by atoms with Gasteiger partial charge in [0.25, 0.3) is 9.84 Å². The quantitative estimate of drug-likeness (QED) is 0.199. The number of primary sulfonamides is 1. The molecule has 0 heterocycles. The molecule has 7 nitrogen and oxygen atoms in total. The zero-order chi connectivity index (χ0) is 31.3. The van der Waals surface area contributed by atoms with Gasteiger partial charge < -0.3 is 9.33 Å². The van der Waals surface area contributed by atoms with Gasteiger partial charge in [-0.25, -0.2) is 22.0 Å². The van der Waals surface area contributed by atoms with E-state index in [0.29, 0.717) is 37.9 Å². The maximum absolute atomic E-state index is 13.6. The highest BCUT2D eigenvalue weighted by molar-refractivity contribution is 7.99. The minimum absolute atomic E-state index is 0.00366. The van der Waals surface area contributed by atoms with Crippen LogP contribution in [-0.4, -0.2) is 68.1 Å². The average Bonchev–Trinajstić information content (AvgIpc) is 2.84. The first-order valence-electron chi connectivity index (χ1n) is 13.1. The molecule has 2 aromatic rings. The Morgan fingerprint density at radius 1 is 1.00 bits per heavy atom. The van der Waals surface area contributed by atoms with Crippen LogP contribution in [0.25, 0.3) is 0 Å². The van der Waals surface area contributed by atoms with E-state index in [1.165, 1.54) is 11.8 Å². The maximum atomic E-state index is 13.6. The van der Waals surface area contributed by atoms with Crippen LogP contribution in [0.3, 0.4) is 0 Å². The number of sulfonamides is 1. The predicted molar refractivity (Wildman–Crippen MR) is 161 cm³/mol. The van der Waals surface area contributed by atoms with E-state index < -0.39 is 43.5 Å². The zero-order valence-electron chi connectivity index (χ0n) is 24.4. The number of alkyl halides is 3. The standard InChI is InChI=1S/C27H41F3N2O5S3Si/c1-26(2,3)41(5,6)37-17-16-32(4)15-14-21(20-38-23-10-8-7-9-11-23)18-22-12-13-24(40(31,35)36)19-25(22)39(33,34)27(28,29)30/h7-13,19,21H,14-18,20H2,1-6H3,(H2,31,35,36)/t21-/m0/s1. The highest BCUT2D eigenvalue weighted by Gasteiger charge is 2.48. The van der Waals surface area contributed by atoms with Crippen molar-refractivity contribution in [3.63, 3.8) is 0 Å². The molecule has 0 radical (unpaired) electrons. The van der Waals surface area contributed by atoms with Crippen LogP contribution in [0.4, 0.5) is 13.2 Å². The summed E-state index contributed by atoms with van der Waals surface area (Å²) in [5, 5.41) is 5.17. The SMILES string of the molecule is CN(CCO[Si](C)(C)C(C)(C)C)CC[C@H](CSc1ccccc1)Cc1ccc(S(N)(=O)=O)cc1S(=O)(=O)C(F)(F)F. The molecule has 0 aromatic heterocycles. The fourth-order valence-corrected chi connectivity index (χ4v) is 7.47. The van der Waals surface area contributed by atoms with Crippen LogP contribution in [0.15, 0.2) is 63.2 Å². The predicted octanol–water partition coefficient (Wildman–Crippen LogP) is 5.92. The van der Waals surface area contributed by atoms with E-state index in [2.05, 4.69) is 38.8 Å². The molecule has 0 amide bonds. The van der Waals surface area contributed by atoms with Crippen LogP contribution in [0, 0.1) is 5.92 Å². The Bertz CT molecular complexity index is 1360. The van der Waals surface area contributed by atoms with Gasteiger partial charge in [0.2, 0.25) is 10.0 Å². The van der Waals surface area contributed by atoms with Crippen molar-refractivity contribution in [3.05, 3.63) is 54.1 Å². The molecule has 0 fully saturated rings. The van der Waals surface area contributed by atoms with Crippen molar-refractivity contribution in [2.24, 2.45) is 11.1 Å². The van der Waals surface area contributed by atoms with Gasteiger partial charge in [0, 0.05) is 23.8 Å². The molecule has 232 valence electrons. The number of hydrogen-bond donors (Lipinski definition) is 1. The van der Waals surface area contributed by atoms with Crippen LogP contribution < -0.4 is 5.14 Å². The molecule has 14 heteroatoms. The summed E-state index contributed by atoms with van der Waals surface area (Å²) >= 11 is 1.52. The summed E-state index contributed by atoms with van der Waals surface area (Å²) in [6, 6.07) is 12.2. The largest absolute Gasteiger partial charge is 0.501 e. The van der Waals surface area contributed by atoms with E-state index in [9.17, 15) is 30.0 Å². The first kappa shape index (κ1) is 35.8. The van der Waals surface area contributed by atoms with E-state index in [-0.39, 0.29) is 22.9 Å². The lowest BCUT2D eigenvalue weighted by Gasteiger charge is -2.36. The Hall–Kier alpha value is -1.42. The molecule has 0 unspecified atom stereocenters. The number of benzene rings is 2. The van der Waals surface area contributed by atoms with Crippen LogP contribution in [0.5, 0.6) is 0 Å². The number of sulfone groups is 1. The van der Waals surface area contributed by atoms with Crippen molar-refractivity contribution < 1.29 is 34.4 Å². The number of halogens is 3. The molecule has 0 saturated heterocycles. The summed E-state index contributed by atoms with van der Waals surface area (Å²) in [6.45, 7) is 12.7. The average molecular weight is 655 g/mol. The zero-order valence-corrected chi connectivity index (χ0v) is 27.8. The number of rotatable bonds is 14. The van der Waals surface area contributed by atoms with E-state index in [0.717, 1.165) is 17.0 Å². The minimum atomic E-state index is -5.82. The number of hydrogen-bond acceptors (Lipinski definition) is 7. The van der Waals surface area contributed by atoms with Crippen molar-refractivity contribution in [2.75, 3.05) is 32.5 Å². The molecule has 0 aliphatic heterocycles. The van der Waals surface area contributed by atoms with Crippen molar-refractivity contribution >= 4 is 39.9 Å². The lowest BCUT2D eigenvalue weighted by Crippen LogP contribution is -2.42. The number of thioether (sulfide) groups is 1. The second-order valence-electron chi connectivity index (χ2n) is 11.7. The minimum Gasteiger partial charge on any atom is -0.416 e. The highest BCUT2D eigenvalue weighted by Crippen LogP contribution is 2.37. The van der Waals surface area contributed by atoms with Crippen molar-refractivity contribution in [3.8, 4) is 0 Å². The summed E-state index contributed by atoms with van der Waals surface area (Å²) in [5.74, 6) is 0.298. The Labute approximate surface area is 248 Å². The van der Waals surface area contributed by atoms with Gasteiger partial charge in [-0.3, -0.25) is 0 Å². The Morgan fingerprint density at radius 3 is 2.15 bits per heavy atom. The Kier molecular flexibility index (Phi) is 12.1. The van der Waals surface area contributed by atoms with Gasteiger partial charge in [-0.05, 0) is 80.3 Å². The molecule has 0 saturated carbocycles. The van der Waals surface area contributed by atoms with Gasteiger partial charge in [0.05, 0.1) is 9.79 Å². The van der Waals surface area contributed by atoms with Crippen LogP contribution in [0.1, 0.15) is 32.8 Å².